The molecular weight excluding hydrogens is 266 g/mol. The Hall–Kier alpha value is -3.10. The summed E-state index contributed by atoms with van der Waals surface area (Å²) in [5.74, 6) is 0. The number of non-ortho nitro benzene ring substituents is 1. The fourth-order valence-electron chi connectivity index (χ4n) is 1.55. The lowest BCUT2D eigenvalue weighted by Gasteiger charge is -2.06. The highest BCUT2D eigenvalue weighted by atomic mass is 16.6. The summed E-state index contributed by atoms with van der Waals surface area (Å²) in [5, 5.41) is 31.8. The molecule has 0 atom stereocenters. The first-order valence-electron chi connectivity index (χ1n) is 5.51. The van der Waals surface area contributed by atoms with E-state index in [-0.39, 0.29) is 23.6 Å². The van der Waals surface area contributed by atoms with Crippen molar-refractivity contribution in [1.82, 2.24) is 10.2 Å². The van der Waals surface area contributed by atoms with Gasteiger partial charge >= 0.3 is 0 Å². The summed E-state index contributed by atoms with van der Waals surface area (Å²) >= 11 is 0. The summed E-state index contributed by atoms with van der Waals surface area (Å²) in [6.07, 6.45) is 1.51. The highest BCUT2D eigenvalue weighted by Gasteiger charge is 2.19. The number of benzene rings is 1. The van der Waals surface area contributed by atoms with Gasteiger partial charge in [-0.15, -0.1) is 0 Å². The molecule has 1 N–H and O–H groups in total. The van der Waals surface area contributed by atoms with Gasteiger partial charge in [-0.1, -0.05) is 0 Å². The minimum atomic E-state index is -0.681. The number of nitro benzene ring substituents is 2. The summed E-state index contributed by atoms with van der Waals surface area (Å²) < 4.78 is 0. The van der Waals surface area contributed by atoms with Crippen molar-refractivity contribution in [3.05, 3.63) is 62.5 Å². The quantitative estimate of drug-likeness (QED) is 0.652. The van der Waals surface area contributed by atoms with E-state index in [0.29, 0.717) is 5.69 Å². The van der Waals surface area contributed by atoms with Gasteiger partial charge in [-0.05, 0) is 18.2 Å². The van der Waals surface area contributed by atoms with Crippen molar-refractivity contribution < 1.29 is 9.85 Å². The van der Waals surface area contributed by atoms with E-state index in [2.05, 4.69) is 15.5 Å². The van der Waals surface area contributed by atoms with Gasteiger partial charge in [-0.2, -0.15) is 10.2 Å². The van der Waals surface area contributed by atoms with Crippen LogP contribution in [0.3, 0.4) is 0 Å². The number of nitrogens with zero attached hydrogens (tertiary/aromatic N) is 4. The van der Waals surface area contributed by atoms with Crippen LogP contribution in [-0.4, -0.2) is 20.0 Å². The van der Waals surface area contributed by atoms with Gasteiger partial charge in [0.1, 0.15) is 5.69 Å². The third-order valence-corrected chi connectivity index (χ3v) is 2.48. The van der Waals surface area contributed by atoms with Crippen LogP contribution in [-0.2, 0) is 6.54 Å². The van der Waals surface area contributed by atoms with Crippen molar-refractivity contribution in [2.24, 2.45) is 0 Å². The van der Waals surface area contributed by atoms with Gasteiger partial charge in [0.05, 0.1) is 28.2 Å². The van der Waals surface area contributed by atoms with Crippen molar-refractivity contribution in [1.29, 1.82) is 0 Å². The molecule has 2 aromatic rings. The molecule has 0 unspecified atom stereocenters. The van der Waals surface area contributed by atoms with E-state index in [0.717, 1.165) is 6.07 Å². The maximum absolute atomic E-state index is 10.9. The number of anilines is 1. The third kappa shape index (κ3) is 3.02. The van der Waals surface area contributed by atoms with Crippen LogP contribution >= 0.6 is 0 Å². The van der Waals surface area contributed by atoms with E-state index in [4.69, 9.17) is 0 Å². The molecule has 9 nitrogen and oxygen atoms in total. The Kier molecular flexibility index (Phi) is 3.80. The zero-order valence-corrected chi connectivity index (χ0v) is 10.1. The zero-order chi connectivity index (χ0) is 14.5. The molecular formula is C11H9N5O4. The largest absolute Gasteiger partial charge is 0.374 e. The van der Waals surface area contributed by atoms with Crippen LogP contribution in [0.25, 0.3) is 0 Å². The lowest BCUT2D eigenvalue weighted by molar-refractivity contribution is -0.393. The van der Waals surface area contributed by atoms with Crippen LogP contribution < -0.4 is 5.32 Å². The van der Waals surface area contributed by atoms with Crippen LogP contribution in [0.5, 0.6) is 0 Å². The lowest BCUT2D eigenvalue weighted by Crippen LogP contribution is -2.05. The predicted octanol–water partition coefficient (Wildman–Crippen LogP) is 1.91. The molecule has 9 heteroatoms. The number of hydrogen-bond acceptors (Lipinski definition) is 7. The first-order valence-corrected chi connectivity index (χ1v) is 5.51. The highest BCUT2D eigenvalue weighted by molar-refractivity contribution is 5.65. The van der Waals surface area contributed by atoms with Gasteiger partial charge in [-0.3, -0.25) is 20.2 Å². The second-order valence-corrected chi connectivity index (χ2v) is 3.78. The van der Waals surface area contributed by atoms with Crippen molar-refractivity contribution >= 4 is 17.1 Å². The molecule has 0 spiro atoms. The molecule has 0 fully saturated rings. The Balaban J connectivity index is 2.23. The molecule has 0 aliphatic carbocycles. The SMILES string of the molecule is O=[N+]([O-])c1ccc(NCc2cccnn2)c([N+](=O)[O-])c1. The smallest absolute Gasteiger partial charge is 0.299 e. The predicted molar refractivity (Wildman–Crippen MR) is 69.1 cm³/mol. The van der Waals surface area contributed by atoms with Gasteiger partial charge in [0, 0.05) is 12.3 Å². The van der Waals surface area contributed by atoms with E-state index in [1.807, 2.05) is 0 Å². The molecule has 102 valence electrons. The van der Waals surface area contributed by atoms with E-state index in [9.17, 15) is 20.2 Å². The van der Waals surface area contributed by atoms with E-state index in [1.165, 1.54) is 18.3 Å². The number of hydrogen-bond donors (Lipinski definition) is 1. The van der Waals surface area contributed by atoms with Gasteiger partial charge < -0.3 is 5.32 Å². The minimum absolute atomic E-state index is 0.186. The molecule has 1 aromatic heterocycles. The molecule has 1 aromatic carbocycles. The van der Waals surface area contributed by atoms with Crippen LogP contribution in [0, 0.1) is 20.2 Å². The molecule has 0 aliphatic rings. The van der Waals surface area contributed by atoms with Crippen LogP contribution in [0.4, 0.5) is 17.1 Å². The highest BCUT2D eigenvalue weighted by Crippen LogP contribution is 2.29. The molecule has 2 rings (SSSR count). The normalized spacial score (nSPS) is 10.0. The van der Waals surface area contributed by atoms with Gasteiger partial charge in [-0.25, -0.2) is 0 Å². The Morgan fingerprint density at radius 2 is 1.95 bits per heavy atom. The average Bonchev–Trinajstić information content (AvgIpc) is 2.45. The van der Waals surface area contributed by atoms with Gasteiger partial charge in [0.25, 0.3) is 11.4 Å². The van der Waals surface area contributed by atoms with E-state index in [1.54, 1.807) is 12.1 Å². The van der Waals surface area contributed by atoms with Crippen molar-refractivity contribution in [2.75, 3.05) is 5.32 Å². The van der Waals surface area contributed by atoms with Crippen LogP contribution in [0.15, 0.2) is 36.5 Å². The molecule has 0 saturated carbocycles. The number of rotatable bonds is 5. The summed E-state index contributed by atoms with van der Waals surface area (Å²) in [7, 11) is 0. The Morgan fingerprint density at radius 3 is 2.55 bits per heavy atom. The second-order valence-electron chi connectivity index (χ2n) is 3.78. The van der Waals surface area contributed by atoms with E-state index >= 15 is 0 Å². The summed E-state index contributed by atoms with van der Waals surface area (Å²) in [6, 6.07) is 6.81. The van der Waals surface area contributed by atoms with Gasteiger partial charge in [0.15, 0.2) is 0 Å². The summed E-state index contributed by atoms with van der Waals surface area (Å²) in [5.41, 5.74) is 0.0937. The van der Waals surface area contributed by atoms with Crippen molar-refractivity contribution in [3.8, 4) is 0 Å². The fraction of sp³-hybridized carbons (Fsp3) is 0.0909. The van der Waals surface area contributed by atoms with Gasteiger partial charge in [0.2, 0.25) is 0 Å². The molecule has 20 heavy (non-hydrogen) atoms. The molecule has 0 bridgehead atoms. The Labute approximate surface area is 112 Å². The standard InChI is InChI=1S/C11H9N5O4/c17-15(18)9-3-4-10(11(6-9)16(19)20)12-7-8-2-1-5-13-14-8/h1-6,12H,7H2. The molecule has 0 amide bonds. The second kappa shape index (κ2) is 5.69. The maximum atomic E-state index is 10.9. The molecule has 0 aliphatic heterocycles. The van der Waals surface area contributed by atoms with Crippen molar-refractivity contribution in [3.63, 3.8) is 0 Å². The minimum Gasteiger partial charge on any atom is -0.374 e. The lowest BCUT2D eigenvalue weighted by atomic mass is 10.2. The molecule has 0 saturated heterocycles. The molecule has 0 radical (unpaired) electrons. The molecule has 1 heterocycles. The monoisotopic (exact) mass is 275 g/mol. The summed E-state index contributed by atoms with van der Waals surface area (Å²) in [6.45, 7) is 0.229. The first-order chi connectivity index (χ1) is 9.58. The number of nitrogens with one attached hydrogen (secondary N) is 1. The topological polar surface area (TPSA) is 124 Å². The van der Waals surface area contributed by atoms with E-state index < -0.39 is 9.85 Å². The Morgan fingerprint density at radius 1 is 1.15 bits per heavy atom. The van der Waals surface area contributed by atoms with Crippen LogP contribution in [0.2, 0.25) is 0 Å². The number of nitro groups is 2. The zero-order valence-electron chi connectivity index (χ0n) is 10.1. The van der Waals surface area contributed by atoms with Crippen molar-refractivity contribution in [2.45, 2.75) is 6.54 Å². The third-order valence-electron chi connectivity index (χ3n) is 2.48. The number of aromatic nitrogens is 2. The maximum Gasteiger partial charge on any atom is 0.299 e. The summed E-state index contributed by atoms with van der Waals surface area (Å²) in [4.78, 5) is 20.2. The van der Waals surface area contributed by atoms with Crippen LogP contribution in [0.1, 0.15) is 5.69 Å². The Bertz CT molecular complexity index is 647. The fourth-order valence-corrected chi connectivity index (χ4v) is 1.55. The first kappa shape index (κ1) is 13.3. The average molecular weight is 275 g/mol.